The number of nitrogens with zero attached hydrogens (tertiary/aromatic N) is 6. The zero-order valence-electron chi connectivity index (χ0n) is 29.4. The van der Waals surface area contributed by atoms with Crippen LogP contribution < -0.4 is 20.3 Å². The number of halogens is 3. The normalized spacial score (nSPS) is 13.9. The lowest BCUT2D eigenvalue weighted by molar-refractivity contribution is 0.102. The number of benzene rings is 3. The molecule has 17 heteroatoms. The molecule has 284 valence electrons. The van der Waals surface area contributed by atoms with Crippen molar-refractivity contribution in [3.05, 3.63) is 107 Å². The van der Waals surface area contributed by atoms with E-state index in [4.69, 9.17) is 30.9 Å². The van der Waals surface area contributed by atoms with Gasteiger partial charge in [0.1, 0.15) is 34.5 Å². The van der Waals surface area contributed by atoms with Crippen molar-refractivity contribution in [3.63, 3.8) is 0 Å². The van der Waals surface area contributed by atoms with Crippen LogP contribution in [-0.4, -0.2) is 89.1 Å². The van der Waals surface area contributed by atoms with Gasteiger partial charge in [0.25, 0.3) is 5.91 Å². The lowest BCUT2D eigenvalue weighted by atomic mass is 10.0. The van der Waals surface area contributed by atoms with Crippen LogP contribution in [0.4, 0.5) is 31.8 Å². The van der Waals surface area contributed by atoms with E-state index < -0.39 is 34.3 Å². The highest BCUT2D eigenvalue weighted by Crippen LogP contribution is 2.39. The highest BCUT2D eigenvalue weighted by atomic mass is 35.5. The minimum absolute atomic E-state index is 0.0344. The molecule has 6 aromatic rings. The lowest BCUT2D eigenvalue weighted by Crippen LogP contribution is -2.47. The summed E-state index contributed by atoms with van der Waals surface area (Å²) < 4.78 is 56.7. The number of rotatable bonds is 12. The number of hydrogen-bond acceptors (Lipinski definition) is 10. The van der Waals surface area contributed by atoms with E-state index in [1.807, 2.05) is 28.8 Å². The maximum atomic E-state index is 14.5. The fourth-order valence-corrected chi connectivity index (χ4v) is 7.06. The van der Waals surface area contributed by atoms with Gasteiger partial charge in [-0.15, -0.1) is 0 Å². The van der Waals surface area contributed by atoms with Gasteiger partial charge in [-0.2, -0.15) is 0 Å². The second kappa shape index (κ2) is 16.4. The average molecular weight is 789 g/mol. The van der Waals surface area contributed by atoms with Crippen LogP contribution in [0.1, 0.15) is 17.3 Å². The Labute approximate surface area is 321 Å². The number of nitrogens with one attached hydrogen (secondary N) is 2. The minimum atomic E-state index is -1.84. The van der Waals surface area contributed by atoms with Crippen LogP contribution in [0.25, 0.3) is 28.3 Å². The summed E-state index contributed by atoms with van der Waals surface area (Å²) in [6.07, 6.45) is 3.37. The first-order chi connectivity index (χ1) is 26.6. The number of aromatic nitrogens is 4. The maximum absolute atomic E-state index is 14.5. The number of piperazine rings is 1. The third-order valence-electron chi connectivity index (χ3n) is 9.03. The number of phenolic OH excluding ortho intramolecular Hbond substituents is 1. The van der Waals surface area contributed by atoms with Gasteiger partial charge >= 0.3 is 0 Å². The summed E-state index contributed by atoms with van der Waals surface area (Å²) in [5.74, 6) is -2.14. The molecule has 1 fully saturated rings. The summed E-state index contributed by atoms with van der Waals surface area (Å²) in [7, 11) is 0. The average Bonchev–Trinajstić information content (AvgIpc) is 3.57. The quantitative estimate of drug-likeness (QED) is 0.0761. The zero-order valence-corrected chi connectivity index (χ0v) is 30.9. The maximum Gasteiger partial charge on any atom is 0.259 e. The predicted octanol–water partition coefficient (Wildman–Crippen LogP) is 6.83. The van der Waals surface area contributed by atoms with Gasteiger partial charge in [-0.25, -0.2) is 27.9 Å². The summed E-state index contributed by atoms with van der Waals surface area (Å²) in [4.78, 5) is 31.7. The number of ether oxygens (including phenoxy) is 1. The van der Waals surface area contributed by atoms with Gasteiger partial charge in [0.05, 0.1) is 51.4 Å². The number of fused-ring (bicyclic) bond motifs is 1. The van der Waals surface area contributed by atoms with Crippen LogP contribution in [0.2, 0.25) is 5.02 Å². The van der Waals surface area contributed by atoms with Gasteiger partial charge in [0.2, 0.25) is 5.95 Å². The molecule has 1 amide bonds. The Balaban J connectivity index is 1.19. The van der Waals surface area contributed by atoms with Crippen molar-refractivity contribution in [3.8, 4) is 34.1 Å². The first kappa shape index (κ1) is 37.6. The van der Waals surface area contributed by atoms with Gasteiger partial charge < -0.3 is 29.9 Å². The summed E-state index contributed by atoms with van der Waals surface area (Å²) in [6, 6.07) is 18.5. The molecule has 1 saturated heterocycles. The second-order valence-corrected chi connectivity index (χ2v) is 14.0. The topological polar surface area (TPSA) is 157 Å². The fraction of sp³-hybridized carbons (Fsp3) is 0.211. The molecule has 13 nitrogen and oxygen atoms in total. The van der Waals surface area contributed by atoms with Crippen molar-refractivity contribution in [1.29, 1.82) is 0 Å². The van der Waals surface area contributed by atoms with E-state index in [1.54, 1.807) is 49.5 Å². The number of pyridine rings is 1. The van der Waals surface area contributed by atoms with Gasteiger partial charge in [0.15, 0.2) is 11.1 Å². The SMILES string of the molecule is CCOc1ccc(-c2nc3ccccn3c2-c2ccnc(Nc3cc(Cl)c(N4CCN(CCS(=O)O)CC4)cc3O)n2)cc1C(=O)Nc1c(F)cccc1F. The predicted molar refractivity (Wildman–Crippen MR) is 208 cm³/mol. The molecule has 1 atom stereocenters. The first-order valence-corrected chi connectivity index (χ1v) is 18.9. The largest absolute Gasteiger partial charge is 0.506 e. The Hall–Kier alpha value is -5.68. The van der Waals surface area contributed by atoms with Gasteiger partial charge in [-0.1, -0.05) is 23.7 Å². The number of phenols is 1. The number of carbonyl (C=O) groups is 1. The molecule has 0 aliphatic carbocycles. The highest BCUT2D eigenvalue weighted by Gasteiger charge is 2.24. The van der Waals surface area contributed by atoms with Crippen LogP contribution in [0.5, 0.6) is 11.5 Å². The highest BCUT2D eigenvalue weighted by molar-refractivity contribution is 7.79. The molecule has 1 unspecified atom stereocenters. The van der Waals surface area contributed by atoms with Gasteiger partial charge in [0, 0.05) is 56.7 Å². The van der Waals surface area contributed by atoms with Crippen LogP contribution >= 0.6 is 11.6 Å². The van der Waals surface area contributed by atoms with Crippen molar-refractivity contribution < 1.29 is 32.2 Å². The Kier molecular flexibility index (Phi) is 11.2. The monoisotopic (exact) mass is 788 g/mol. The molecule has 4 heterocycles. The molecule has 7 rings (SSSR count). The Morgan fingerprint density at radius 2 is 1.78 bits per heavy atom. The standard InChI is InChI=1S/C38H35ClF2N8O5S/c1-2-54-32-10-9-23(20-24(32)37(51)46-35-26(40)6-5-7-27(35)41)34-36(49-13-4-3-8-33(49)45-34)28-11-12-42-38(43-28)44-29-21-25(39)30(22-31(29)50)48-16-14-47(15-17-48)18-19-55(52)53/h3-13,20-22,50H,2,14-19H2,1H3,(H,46,51)(H,52,53)(H,42,43,44). The summed E-state index contributed by atoms with van der Waals surface area (Å²) in [5, 5.41) is 16.9. The number of hydrogen-bond donors (Lipinski definition) is 4. The van der Waals surface area contributed by atoms with Crippen molar-refractivity contribution in [2.75, 3.05) is 60.6 Å². The lowest BCUT2D eigenvalue weighted by Gasteiger charge is -2.36. The van der Waals surface area contributed by atoms with Crippen LogP contribution in [-0.2, 0) is 11.1 Å². The molecule has 0 bridgehead atoms. The van der Waals surface area contributed by atoms with Gasteiger partial charge in [-0.3, -0.25) is 14.1 Å². The number of amides is 1. The molecule has 55 heavy (non-hydrogen) atoms. The second-order valence-electron chi connectivity index (χ2n) is 12.5. The zero-order chi connectivity index (χ0) is 38.6. The van der Waals surface area contributed by atoms with E-state index in [0.29, 0.717) is 71.7 Å². The van der Waals surface area contributed by atoms with E-state index in [-0.39, 0.29) is 41.1 Å². The molecule has 1 aliphatic rings. The van der Waals surface area contributed by atoms with E-state index in [1.165, 1.54) is 6.07 Å². The van der Waals surface area contributed by atoms with Crippen molar-refractivity contribution in [2.45, 2.75) is 6.92 Å². The molecule has 0 spiro atoms. The van der Waals surface area contributed by atoms with Crippen LogP contribution in [0.3, 0.4) is 0 Å². The molecule has 3 aromatic heterocycles. The van der Waals surface area contributed by atoms with Crippen molar-refractivity contribution >= 4 is 57.2 Å². The number of anilines is 4. The number of carbonyl (C=O) groups excluding carboxylic acids is 1. The van der Waals surface area contributed by atoms with Crippen molar-refractivity contribution in [2.24, 2.45) is 0 Å². The Morgan fingerprint density at radius 3 is 2.53 bits per heavy atom. The summed E-state index contributed by atoms with van der Waals surface area (Å²) >= 11 is 4.88. The number of aromatic hydroxyl groups is 1. The van der Waals surface area contributed by atoms with Gasteiger partial charge in [-0.05, 0) is 61.5 Å². The third-order valence-corrected chi connectivity index (χ3v) is 9.87. The smallest absolute Gasteiger partial charge is 0.259 e. The van der Waals surface area contributed by atoms with Crippen molar-refractivity contribution in [1.82, 2.24) is 24.3 Å². The third kappa shape index (κ3) is 8.22. The molecule has 4 N–H and O–H groups in total. The fourth-order valence-electron chi connectivity index (χ4n) is 6.36. The molecule has 0 saturated carbocycles. The van der Waals surface area contributed by atoms with E-state index in [9.17, 15) is 22.9 Å². The molecular formula is C38H35ClF2N8O5S. The Morgan fingerprint density at radius 1 is 1.00 bits per heavy atom. The summed E-state index contributed by atoms with van der Waals surface area (Å²) in [5.41, 5.74) is 2.92. The molecule has 3 aromatic carbocycles. The molecule has 1 aliphatic heterocycles. The van der Waals surface area contributed by atoms with Crippen LogP contribution in [0.15, 0.2) is 85.2 Å². The number of imidazole rings is 1. The van der Waals surface area contributed by atoms with E-state index >= 15 is 0 Å². The molecular weight excluding hydrogens is 754 g/mol. The van der Waals surface area contributed by atoms with E-state index in [0.717, 1.165) is 12.1 Å². The Bertz CT molecular complexity index is 2390. The van der Waals surface area contributed by atoms with E-state index in [2.05, 4.69) is 25.4 Å². The number of para-hydroxylation sites is 1. The summed E-state index contributed by atoms with van der Waals surface area (Å²) in [6.45, 7) is 5.13. The molecule has 0 radical (unpaired) electrons. The minimum Gasteiger partial charge on any atom is -0.506 e. The van der Waals surface area contributed by atoms with Crippen LogP contribution in [0, 0.1) is 11.6 Å². The first-order valence-electron chi connectivity index (χ1n) is 17.3.